The van der Waals surface area contributed by atoms with E-state index in [4.69, 9.17) is 0 Å². The molecule has 2 heterocycles. The third-order valence-electron chi connectivity index (χ3n) is 1.87. The minimum absolute atomic E-state index is 0.00810. The van der Waals surface area contributed by atoms with Gasteiger partial charge in [0.05, 0.1) is 12.0 Å². The van der Waals surface area contributed by atoms with E-state index >= 15 is 0 Å². The first-order valence-electron chi connectivity index (χ1n) is 3.59. The van der Waals surface area contributed by atoms with Gasteiger partial charge >= 0.3 is 0 Å². The van der Waals surface area contributed by atoms with Crippen LogP contribution < -0.4 is 5.32 Å². The number of amides is 1. The largest absolute Gasteiger partial charge is 0.349 e. The topological polar surface area (TPSA) is 46.9 Å². The van der Waals surface area contributed by atoms with Crippen molar-refractivity contribution in [3.8, 4) is 0 Å². The third kappa shape index (κ3) is 0.824. The van der Waals surface area contributed by atoms with E-state index in [1.54, 1.807) is 6.33 Å². The van der Waals surface area contributed by atoms with E-state index in [1.807, 2.05) is 11.5 Å². The van der Waals surface area contributed by atoms with Crippen LogP contribution in [0.15, 0.2) is 6.33 Å². The monoisotopic (exact) mass is 151 g/mol. The van der Waals surface area contributed by atoms with E-state index in [2.05, 4.69) is 10.3 Å². The fraction of sp³-hybridized carbons (Fsp3) is 0.429. The second kappa shape index (κ2) is 2.08. The summed E-state index contributed by atoms with van der Waals surface area (Å²) in [4.78, 5) is 15.2. The Balaban J connectivity index is 2.56. The first-order valence-corrected chi connectivity index (χ1v) is 3.59. The van der Waals surface area contributed by atoms with E-state index in [-0.39, 0.29) is 5.91 Å². The maximum atomic E-state index is 11.2. The second-order valence-corrected chi connectivity index (χ2v) is 2.63. The highest BCUT2D eigenvalue weighted by atomic mass is 16.2. The quantitative estimate of drug-likeness (QED) is 0.564. The minimum atomic E-state index is -0.00810. The summed E-state index contributed by atoms with van der Waals surface area (Å²) < 4.78 is 1.88. The van der Waals surface area contributed by atoms with Crippen LogP contribution in [0.4, 0.5) is 0 Å². The Morgan fingerprint density at radius 2 is 2.55 bits per heavy atom. The van der Waals surface area contributed by atoms with Gasteiger partial charge in [0.2, 0.25) is 0 Å². The SMILES string of the molecule is Cc1ncn2c1C(=O)NCC2. The van der Waals surface area contributed by atoms with Gasteiger partial charge < -0.3 is 9.88 Å². The molecule has 1 aliphatic rings. The van der Waals surface area contributed by atoms with Crippen LogP contribution in [-0.4, -0.2) is 22.0 Å². The van der Waals surface area contributed by atoms with Crippen molar-refractivity contribution in [3.63, 3.8) is 0 Å². The van der Waals surface area contributed by atoms with Crippen LogP contribution >= 0.6 is 0 Å². The maximum Gasteiger partial charge on any atom is 0.269 e. The van der Waals surface area contributed by atoms with Gasteiger partial charge in [-0.2, -0.15) is 0 Å². The van der Waals surface area contributed by atoms with E-state index in [0.717, 1.165) is 12.2 Å². The van der Waals surface area contributed by atoms with Crippen LogP contribution in [0.3, 0.4) is 0 Å². The Morgan fingerprint density at radius 3 is 3.27 bits per heavy atom. The highest BCUT2D eigenvalue weighted by Crippen LogP contribution is 2.08. The van der Waals surface area contributed by atoms with Crippen molar-refractivity contribution < 1.29 is 4.79 Å². The van der Waals surface area contributed by atoms with Crippen LogP contribution in [0.1, 0.15) is 16.2 Å². The molecule has 0 radical (unpaired) electrons. The lowest BCUT2D eigenvalue weighted by Gasteiger charge is -2.14. The number of hydrogen-bond donors (Lipinski definition) is 1. The Labute approximate surface area is 64.2 Å². The predicted molar refractivity (Wildman–Crippen MR) is 39.3 cm³/mol. The number of carbonyl (C=O) groups excluding carboxylic acids is 1. The number of nitrogens with zero attached hydrogens (tertiary/aromatic N) is 2. The van der Waals surface area contributed by atoms with E-state index < -0.39 is 0 Å². The molecule has 1 aromatic rings. The summed E-state index contributed by atoms with van der Waals surface area (Å²) in [5.74, 6) is -0.00810. The number of fused-ring (bicyclic) bond motifs is 1. The number of imidazole rings is 1. The molecule has 0 aliphatic carbocycles. The Kier molecular flexibility index (Phi) is 1.21. The fourth-order valence-electron chi connectivity index (χ4n) is 1.32. The molecule has 58 valence electrons. The normalized spacial score (nSPS) is 15.9. The number of rotatable bonds is 0. The summed E-state index contributed by atoms with van der Waals surface area (Å²) in [6.07, 6.45) is 1.71. The first kappa shape index (κ1) is 6.39. The Morgan fingerprint density at radius 1 is 1.73 bits per heavy atom. The molecule has 0 saturated carbocycles. The Bertz CT molecular complexity index is 303. The molecule has 1 aromatic heterocycles. The molecule has 0 saturated heterocycles. The van der Waals surface area contributed by atoms with Crippen molar-refractivity contribution in [3.05, 3.63) is 17.7 Å². The molecule has 1 aliphatic heterocycles. The molecule has 4 heteroatoms. The molecular formula is C7H9N3O. The van der Waals surface area contributed by atoms with Crippen molar-refractivity contribution in [2.75, 3.05) is 6.54 Å². The lowest BCUT2D eigenvalue weighted by molar-refractivity contribution is 0.0927. The lowest BCUT2D eigenvalue weighted by Crippen LogP contribution is -2.35. The van der Waals surface area contributed by atoms with Crippen LogP contribution in [0, 0.1) is 6.92 Å². The van der Waals surface area contributed by atoms with E-state index in [0.29, 0.717) is 12.2 Å². The zero-order valence-electron chi connectivity index (χ0n) is 6.29. The molecule has 1 amide bonds. The van der Waals surface area contributed by atoms with Crippen molar-refractivity contribution in [1.82, 2.24) is 14.9 Å². The molecule has 0 fully saturated rings. The van der Waals surface area contributed by atoms with Gasteiger partial charge in [-0.1, -0.05) is 0 Å². The zero-order chi connectivity index (χ0) is 7.84. The van der Waals surface area contributed by atoms with Crippen molar-refractivity contribution in [2.45, 2.75) is 13.5 Å². The van der Waals surface area contributed by atoms with E-state index in [1.165, 1.54) is 0 Å². The molecule has 4 nitrogen and oxygen atoms in total. The van der Waals surface area contributed by atoms with Gasteiger partial charge in [0.25, 0.3) is 5.91 Å². The lowest BCUT2D eigenvalue weighted by atomic mass is 10.3. The van der Waals surface area contributed by atoms with Crippen LogP contribution in [0.25, 0.3) is 0 Å². The number of nitrogens with one attached hydrogen (secondary N) is 1. The summed E-state index contributed by atoms with van der Waals surface area (Å²) in [6.45, 7) is 3.39. The highest BCUT2D eigenvalue weighted by Gasteiger charge is 2.18. The van der Waals surface area contributed by atoms with Gasteiger partial charge in [-0.05, 0) is 6.92 Å². The zero-order valence-corrected chi connectivity index (χ0v) is 6.29. The van der Waals surface area contributed by atoms with Crippen LogP contribution in [0.2, 0.25) is 0 Å². The number of hydrogen-bond acceptors (Lipinski definition) is 2. The number of carbonyl (C=O) groups is 1. The van der Waals surface area contributed by atoms with E-state index in [9.17, 15) is 4.79 Å². The number of aromatic nitrogens is 2. The average molecular weight is 151 g/mol. The highest BCUT2D eigenvalue weighted by molar-refractivity contribution is 5.94. The summed E-state index contributed by atoms with van der Waals surface area (Å²) >= 11 is 0. The van der Waals surface area contributed by atoms with Gasteiger partial charge in [-0.15, -0.1) is 0 Å². The molecule has 11 heavy (non-hydrogen) atoms. The standard InChI is InChI=1S/C7H9N3O/c1-5-6-7(11)8-2-3-10(6)4-9-5/h4H,2-3H2,1H3,(H,8,11). The minimum Gasteiger partial charge on any atom is -0.349 e. The predicted octanol–water partition coefficient (Wildman–Crippen LogP) is -0.0651. The molecule has 0 atom stereocenters. The molecule has 0 spiro atoms. The van der Waals surface area contributed by atoms with Crippen molar-refractivity contribution in [1.29, 1.82) is 0 Å². The molecule has 0 bridgehead atoms. The fourth-order valence-corrected chi connectivity index (χ4v) is 1.32. The van der Waals surface area contributed by atoms with Crippen LogP contribution in [0.5, 0.6) is 0 Å². The van der Waals surface area contributed by atoms with Crippen LogP contribution in [-0.2, 0) is 6.54 Å². The van der Waals surface area contributed by atoms with Gasteiger partial charge in [-0.25, -0.2) is 4.98 Å². The second-order valence-electron chi connectivity index (χ2n) is 2.63. The van der Waals surface area contributed by atoms with Gasteiger partial charge in [0, 0.05) is 13.1 Å². The summed E-state index contributed by atoms with van der Waals surface area (Å²) in [6, 6.07) is 0. The third-order valence-corrected chi connectivity index (χ3v) is 1.87. The maximum absolute atomic E-state index is 11.2. The molecule has 0 unspecified atom stereocenters. The van der Waals surface area contributed by atoms with Gasteiger partial charge in [0.1, 0.15) is 5.69 Å². The molecule has 2 rings (SSSR count). The molecule has 1 N–H and O–H groups in total. The summed E-state index contributed by atoms with van der Waals surface area (Å²) in [5.41, 5.74) is 1.51. The smallest absolute Gasteiger partial charge is 0.269 e. The summed E-state index contributed by atoms with van der Waals surface area (Å²) in [5, 5.41) is 2.77. The Hall–Kier alpha value is -1.32. The molecule has 0 aromatic carbocycles. The number of aryl methyl sites for hydroxylation is 1. The van der Waals surface area contributed by atoms with Gasteiger partial charge in [-0.3, -0.25) is 4.79 Å². The van der Waals surface area contributed by atoms with Gasteiger partial charge in [0.15, 0.2) is 0 Å². The first-order chi connectivity index (χ1) is 5.29. The summed E-state index contributed by atoms with van der Waals surface area (Å²) in [7, 11) is 0. The van der Waals surface area contributed by atoms with Crippen molar-refractivity contribution >= 4 is 5.91 Å². The average Bonchev–Trinajstić information content (AvgIpc) is 2.34. The molecular weight excluding hydrogens is 142 g/mol. The van der Waals surface area contributed by atoms with Crippen molar-refractivity contribution in [2.24, 2.45) is 0 Å².